The van der Waals surface area contributed by atoms with Crippen molar-refractivity contribution in [1.82, 2.24) is 10.6 Å². The molecule has 1 saturated heterocycles. The number of carbonyl (C=O) groups is 1. The lowest BCUT2D eigenvalue weighted by molar-refractivity contribution is -0.122. The summed E-state index contributed by atoms with van der Waals surface area (Å²) < 4.78 is 5.03. The van der Waals surface area contributed by atoms with Crippen molar-refractivity contribution in [2.24, 2.45) is 11.8 Å². The molecule has 0 saturated carbocycles. The van der Waals surface area contributed by atoms with Crippen LogP contribution < -0.4 is 10.6 Å². The quantitative estimate of drug-likeness (QED) is 0.706. The third kappa shape index (κ3) is 5.47. The van der Waals surface area contributed by atoms with Crippen LogP contribution in [0.15, 0.2) is 0 Å². The highest BCUT2D eigenvalue weighted by atomic mass is 16.5. The largest absolute Gasteiger partial charge is 0.384 e. The SMILES string of the molecule is COCC(C)CNC(=O)CC1CCNCC1. The van der Waals surface area contributed by atoms with Crippen molar-refractivity contribution in [3.63, 3.8) is 0 Å². The minimum absolute atomic E-state index is 0.190. The maximum atomic E-state index is 11.6. The summed E-state index contributed by atoms with van der Waals surface area (Å²) in [6.07, 6.45) is 2.93. The molecule has 1 aliphatic heterocycles. The van der Waals surface area contributed by atoms with Crippen molar-refractivity contribution < 1.29 is 9.53 Å². The summed E-state index contributed by atoms with van der Waals surface area (Å²) in [6.45, 7) is 5.61. The summed E-state index contributed by atoms with van der Waals surface area (Å²) in [6, 6.07) is 0. The summed E-state index contributed by atoms with van der Waals surface area (Å²) in [5.74, 6) is 1.15. The Morgan fingerprint density at radius 1 is 1.50 bits per heavy atom. The molecule has 0 aliphatic carbocycles. The van der Waals surface area contributed by atoms with Gasteiger partial charge in [-0.05, 0) is 37.8 Å². The van der Waals surface area contributed by atoms with Crippen molar-refractivity contribution in [2.45, 2.75) is 26.2 Å². The first-order chi connectivity index (χ1) is 7.72. The molecule has 4 heteroatoms. The average molecular weight is 228 g/mol. The van der Waals surface area contributed by atoms with Gasteiger partial charge in [-0.2, -0.15) is 0 Å². The monoisotopic (exact) mass is 228 g/mol. The second-order valence-corrected chi connectivity index (χ2v) is 4.76. The van der Waals surface area contributed by atoms with E-state index in [4.69, 9.17) is 4.74 Å². The van der Waals surface area contributed by atoms with E-state index in [0.717, 1.165) is 32.5 Å². The van der Waals surface area contributed by atoms with E-state index in [2.05, 4.69) is 17.6 Å². The van der Waals surface area contributed by atoms with E-state index in [1.165, 1.54) is 0 Å². The van der Waals surface area contributed by atoms with Gasteiger partial charge in [-0.1, -0.05) is 6.92 Å². The van der Waals surface area contributed by atoms with Crippen molar-refractivity contribution in [1.29, 1.82) is 0 Å². The molecule has 0 spiro atoms. The zero-order valence-corrected chi connectivity index (χ0v) is 10.4. The molecule has 0 aromatic carbocycles. The Bertz CT molecular complexity index is 203. The van der Waals surface area contributed by atoms with Gasteiger partial charge in [0.15, 0.2) is 0 Å². The summed E-state index contributed by atoms with van der Waals surface area (Å²) in [5.41, 5.74) is 0. The zero-order chi connectivity index (χ0) is 11.8. The average Bonchev–Trinajstić information content (AvgIpc) is 2.28. The molecule has 0 bridgehead atoms. The smallest absolute Gasteiger partial charge is 0.220 e. The second kappa shape index (κ2) is 7.63. The molecule has 1 heterocycles. The van der Waals surface area contributed by atoms with Gasteiger partial charge in [0.05, 0.1) is 6.61 Å². The van der Waals surface area contributed by atoms with Crippen molar-refractivity contribution in [3.8, 4) is 0 Å². The van der Waals surface area contributed by atoms with Gasteiger partial charge in [-0.15, -0.1) is 0 Å². The Balaban J connectivity index is 2.10. The number of amides is 1. The van der Waals surface area contributed by atoms with Crippen LogP contribution in [0.2, 0.25) is 0 Å². The first-order valence-electron chi connectivity index (χ1n) is 6.18. The van der Waals surface area contributed by atoms with Gasteiger partial charge in [-0.3, -0.25) is 4.79 Å². The molecule has 1 rings (SSSR count). The molecule has 1 aliphatic rings. The highest BCUT2D eigenvalue weighted by Crippen LogP contribution is 2.15. The Hall–Kier alpha value is -0.610. The van der Waals surface area contributed by atoms with E-state index in [1.807, 2.05) is 0 Å². The summed E-state index contributed by atoms with van der Waals surface area (Å²) >= 11 is 0. The van der Waals surface area contributed by atoms with Gasteiger partial charge >= 0.3 is 0 Å². The molecule has 1 fully saturated rings. The standard InChI is InChI=1S/C12H24N2O2/c1-10(9-16-2)8-14-12(15)7-11-3-5-13-6-4-11/h10-11,13H,3-9H2,1-2H3,(H,14,15). The molecule has 94 valence electrons. The Morgan fingerprint density at radius 3 is 2.81 bits per heavy atom. The maximum absolute atomic E-state index is 11.6. The molecular formula is C12H24N2O2. The topological polar surface area (TPSA) is 50.4 Å². The minimum Gasteiger partial charge on any atom is -0.384 e. The molecule has 1 atom stereocenters. The number of hydrogen-bond donors (Lipinski definition) is 2. The third-order valence-corrected chi connectivity index (χ3v) is 3.03. The maximum Gasteiger partial charge on any atom is 0.220 e. The number of nitrogens with one attached hydrogen (secondary N) is 2. The van der Waals surface area contributed by atoms with E-state index in [9.17, 15) is 4.79 Å². The molecule has 0 aromatic rings. The lowest BCUT2D eigenvalue weighted by Crippen LogP contribution is -2.34. The lowest BCUT2D eigenvalue weighted by atomic mass is 9.94. The predicted molar refractivity (Wildman–Crippen MR) is 64.3 cm³/mol. The minimum atomic E-state index is 0.190. The Kier molecular flexibility index (Phi) is 6.42. The fourth-order valence-corrected chi connectivity index (χ4v) is 2.05. The van der Waals surface area contributed by atoms with Gasteiger partial charge in [0.25, 0.3) is 0 Å². The predicted octanol–water partition coefficient (Wildman–Crippen LogP) is 0.775. The number of rotatable bonds is 6. The lowest BCUT2D eigenvalue weighted by Gasteiger charge is -2.22. The first-order valence-corrected chi connectivity index (χ1v) is 6.18. The van der Waals surface area contributed by atoms with Crippen LogP contribution in [-0.2, 0) is 9.53 Å². The van der Waals surface area contributed by atoms with E-state index in [-0.39, 0.29) is 5.91 Å². The van der Waals surface area contributed by atoms with Crippen LogP contribution in [0.5, 0.6) is 0 Å². The van der Waals surface area contributed by atoms with E-state index in [0.29, 0.717) is 24.9 Å². The number of methoxy groups -OCH3 is 1. The molecule has 1 amide bonds. The fraction of sp³-hybridized carbons (Fsp3) is 0.917. The number of piperidine rings is 1. The van der Waals surface area contributed by atoms with Crippen LogP contribution in [0.25, 0.3) is 0 Å². The van der Waals surface area contributed by atoms with Crippen LogP contribution in [-0.4, -0.2) is 39.3 Å². The molecule has 16 heavy (non-hydrogen) atoms. The van der Waals surface area contributed by atoms with Crippen LogP contribution in [0, 0.1) is 11.8 Å². The number of hydrogen-bond acceptors (Lipinski definition) is 3. The third-order valence-electron chi connectivity index (χ3n) is 3.03. The zero-order valence-electron chi connectivity index (χ0n) is 10.4. The normalized spacial score (nSPS) is 19.4. The van der Waals surface area contributed by atoms with Gasteiger partial charge in [0.1, 0.15) is 0 Å². The molecule has 4 nitrogen and oxygen atoms in total. The molecule has 2 N–H and O–H groups in total. The van der Waals surface area contributed by atoms with Crippen LogP contribution in [0.4, 0.5) is 0 Å². The number of carbonyl (C=O) groups excluding carboxylic acids is 1. The second-order valence-electron chi connectivity index (χ2n) is 4.76. The number of ether oxygens (including phenoxy) is 1. The molecule has 1 unspecified atom stereocenters. The van der Waals surface area contributed by atoms with E-state index in [1.54, 1.807) is 7.11 Å². The van der Waals surface area contributed by atoms with E-state index < -0.39 is 0 Å². The van der Waals surface area contributed by atoms with E-state index >= 15 is 0 Å². The van der Waals surface area contributed by atoms with Gasteiger partial charge < -0.3 is 15.4 Å². The van der Waals surface area contributed by atoms with Crippen molar-refractivity contribution in [2.75, 3.05) is 33.4 Å². The highest BCUT2D eigenvalue weighted by molar-refractivity contribution is 5.76. The van der Waals surface area contributed by atoms with Crippen LogP contribution in [0.3, 0.4) is 0 Å². The fourth-order valence-electron chi connectivity index (χ4n) is 2.05. The van der Waals surface area contributed by atoms with Crippen LogP contribution >= 0.6 is 0 Å². The highest BCUT2D eigenvalue weighted by Gasteiger charge is 2.16. The van der Waals surface area contributed by atoms with Gasteiger partial charge in [0.2, 0.25) is 5.91 Å². The van der Waals surface area contributed by atoms with Crippen molar-refractivity contribution in [3.05, 3.63) is 0 Å². The van der Waals surface area contributed by atoms with Crippen LogP contribution in [0.1, 0.15) is 26.2 Å². The first kappa shape index (κ1) is 13.5. The summed E-state index contributed by atoms with van der Waals surface area (Å²) in [4.78, 5) is 11.6. The van der Waals surface area contributed by atoms with Gasteiger partial charge in [-0.25, -0.2) is 0 Å². The summed E-state index contributed by atoms with van der Waals surface area (Å²) in [7, 11) is 1.69. The Labute approximate surface area is 98.1 Å². The van der Waals surface area contributed by atoms with Crippen molar-refractivity contribution >= 4 is 5.91 Å². The molecular weight excluding hydrogens is 204 g/mol. The summed E-state index contributed by atoms with van der Waals surface area (Å²) in [5, 5.41) is 6.28. The molecule has 0 aromatic heterocycles. The molecule has 0 radical (unpaired) electrons. The van der Waals surface area contributed by atoms with Gasteiger partial charge in [0, 0.05) is 20.1 Å². The Morgan fingerprint density at radius 2 is 2.19 bits per heavy atom.